The number of imidazole rings is 1. The van der Waals surface area contributed by atoms with Crippen molar-refractivity contribution in [2.24, 2.45) is 0 Å². The van der Waals surface area contributed by atoms with E-state index in [2.05, 4.69) is 15.1 Å². The molecule has 164 valence electrons. The molecule has 10 heteroatoms. The van der Waals surface area contributed by atoms with Crippen LogP contribution < -0.4 is 4.74 Å². The summed E-state index contributed by atoms with van der Waals surface area (Å²) in [7, 11) is 0. The number of ether oxygens (including phenoxy) is 3. The molecule has 0 N–H and O–H groups in total. The summed E-state index contributed by atoms with van der Waals surface area (Å²) in [6, 6.07) is 13.0. The maximum absolute atomic E-state index is 6.50. The lowest BCUT2D eigenvalue weighted by atomic mass is 10.1. The Morgan fingerprint density at radius 1 is 1.12 bits per heavy atom. The van der Waals surface area contributed by atoms with Crippen LogP contribution in [-0.2, 0) is 21.8 Å². The number of halogens is 2. The van der Waals surface area contributed by atoms with Crippen molar-refractivity contribution in [3.05, 3.63) is 89.4 Å². The van der Waals surface area contributed by atoms with E-state index in [-0.39, 0.29) is 12.6 Å². The Balaban J connectivity index is 1.33. The van der Waals surface area contributed by atoms with Crippen molar-refractivity contribution >= 4 is 23.2 Å². The number of aromatic nitrogens is 5. The standard InChI is InChI=1S/C22H19Cl2N5O3/c23-16-4-5-20(21(24)8-16)22(12-29-15-26-13-27-29)31-11-19(32-22)10-30-18-3-1-2-17(9-18)28-7-6-25-14-28/h1-9,13-15,19H,10-12H2. The van der Waals surface area contributed by atoms with Gasteiger partial charge in [-0.3, -0.25) is 0 Å². The maximum Gasteiger partial charge on any atom is 0.217 e. The van der Waals surface area contributed by atoms with E-state index in [9.17, 15) is 0 Å². The molecule has 1 aliphatic heterocycles. The molecule has 0 amide bonds. The minimum absolute atomic E-state index is 0.279. The molecular formula is C22H19Cl2N5O3. The van der Waals surface area contributed by atoms with Crippen LogP contribution in [0, 0.1) is 0 Å². The largest absolute Gasteiger partial charge is 0.491 e. The highest BCUT2D eigenvalue weighted by atomic mass is 35.5. The fourth-order valence-corrected chi connectivity index (χ4v) is 4.17. The monoisotopic (exact) mass is 471 g/mol. The zero-order valence-corrected chi connectivity index (χ0v) is 18.4. The average molecular weight is 472 g/mol. The van der Waals surface area contributed by atoms with Crippen LogP contribution in [0.1, 0.15) is 5.56 Å². The third-order valence-electron chi connectivity index (χ3n) is 5.09. The molecule has 2 unspecified atom stereocenters. The van der Waals surface area contributed by atoms with Gasteiger partial charge in [0.05, 0.1) is 23.6 Å². The van der Waals surface area contributed by atoms with Crippen LogP contribution in [0.5, 0.6) is 5.75 Å². The summed E-state index contributed by atoms with van der Waals surface area (Å²) in [6.45, 7) is 0.910. The molecule has 2 aromatic carbocycles. The molecule has 1 saturated heterocycles. The highest BCUT2D eigenvalue weighted by molar-refractivity contribution is 6.35. The van der Waals surface area contributed by atoms with Gasteiger partial charge in [-0.1, -0.05) is 35.3 Å². The third-order valence-corrected chi connectivity index (χ3v) is 5.64. The van der Waals surface area contributed by atoms with Crippen LogP contribution in [0.3, 0.4) is 0 Å². The minimum atomic E-state index is -1.14. The molecular weight excluding hydrogens is 453 g/mol. The number of rotatable bonds is 7. The summed E-state index contributed by atoms with van der Waals surface area (Å²) in [5.41, 5.74) is 1.63. The van der Waals surface area contributed by atoms with E-state index in [1.54, 1.807) is 41.7 Å². The molecule has 2 aromatic heterocycles. The minimum Gasteiger partial charge on any atom is -0.491 e. The van der Waals surface area contributed by atoms with Crippen LogP contribution in [-0.4, -0.2) is 43.6 Å². The summed E-state index contributed by atoms with van der Waals surface area (Å²) in [4.78, 5) is 8.09. The quantitative estimate of drug-likeness (QED) is 0.403. The average Bonchev–Trinajstić information content (AvgIpc) is 3.56. The Kier molecular flexibility index (Phi) is 5.84. The van der Waals surface area contributed by atoms with Crippen molar-refractivity contribution in [2.75, 3.05) is 13.2 Å². The first-order chi connectivity index (χ1) is 15.6. The fraction of sp³-hybridized carbons (Fsp3) is 0.227. The maximum atomic E-state index is 6.50. The van der Waals surface area contributed by atoms with Gasteiger partial charge in [-0.15, -0.1) is 0 Å². The molecule has 4 aromatic rings. The van der Waals surface area contributed by atoms with Gasteiger partial charge in [-0.25, -0.2) is 14.6 Å². The van der Waals surface area contributed by atoms with Gasteiger partial charge < -0.3 is 18.8 Å². The van der Waals surface area contributed by atoms with E-state index in [4.69, 9.17) is 37.4 Å². The van der Waals surface area contributed by atoms with Crippen molar-refractivity contribution in [3.8, 4) is 11.4 Å². The first kappa shape index (κ1) is 21.0. The third kappa shape index (κ3) is 4.35. The van der Waals surface area contributed by atoms with Crippen LogP contribution in [0.15, 0.2) is 73.8 Å². The smallest absolute Gasteiger partial charge is 0.217 e. The number of hydrogen-bond donors (Lipinski definition) is 0. The van der Waals surface area contributed by atoms with E-state index < -0.39 is 5.79 Å². The second-order valence-corrected chi connectivity index (χ2v) is 8.14. The molecule has 0 bridgehead atoms. The Morgan fingerprint density at radius 3 is 2.84 bits per heavy atom. The van der Waals surface area contributed by atoms with Crippen molar-refractivity contribution in [1.29, 1.82) is 0 Å². The fourth-order valence-electron chi connectivity index (χ4n) is 3.62. The number of hydrogen-bond acceptors (Lipinski definition) is 6. The number of benzene rings is 2. The predicted octanol–water partition coefficient (Wildman–Crippen LogP) is 4.12. The van der Waals surface area contributed by atoms with Crippen molar-refractivity contribution in [3.63, 3.8) is 0 Å². The van der Waals surface area contributed by atoms with E-state index >= 15 is 0 Å². The summed E-state index contributed by atoms with van der Waals surface area (Å²) in [5, 5.41) is 5.17. The topological polar surface area (TPSA) is 76.2 Å². The first-order valence-corrected chi connectivity index (χ1v) is 10.7. The summed E-state index contributed by atoms with van der Waals surface area (Å²) in [6.07, 6.45) is 8.09. The van der Waals surface area contributed by atoms with Gasteiger partial charge in [0.2, 0.25) is 5.79 Å². The van der Waals surface area contributed by atoms with Crippen LogP contribution in [0.2, 0.25) is 10.0 Å². The van der Waals surface area contributed by atoms with E-state index in [0.29, 0.717) is 28.8 Å². The molecule has 0 aliphatic carbocycles. The number of nitrogens with zero attached hydrogens (tertiary/aromatic N) is 5. The summed E-state index contributed by atoms with van der Waals surface area (Å²) in [5.74, 6) is -0.416. The molecule has 32 heavy (non-hydrogen) atoms. The van der Waals surface area contributed by atoms with Gasteiger partial charge in [-0.05, 0) is 24.3 Å². The molecule has 1 fully saturated rings. The normalized spacial score (nSPS) is 20.5. The SMILES string of the molecule is Clc1ccc(C2(Cn3cncn3)OCC(COc3cccc(-n4ccnc4)c3)O2)c(Cl)c1. The van der Waals surface area contributed by atoms with Crippen LogP contribution >= 0.6 is 23.2 Å². The lowest BCUT2D eigenvalue weighted by Crippen LogP contribution is -2.35. The molecule has 0 radical (unpaired) electrons. The molecule has 1 aliphatic rings. The van der Waals surface area contributed by atoms with E-state index in [0.717, 1.165) is 11.4 Å². The second kappa shape index (κ2) is 8.91. The van der Waals surface area contributed by atoms with Gasteiger partial charge in [0.15, 0.2) is 0 Å². The van der Waals surface area contributed by atoms with Gasteiger partial charge in [0.1, 0.15) is 37.7 Å². The predicted molar refractivity (Wildman–Crippen MR) is 118 cm³/mol. The van der Waals surface area contributed by atoms with Crippen molar-refractivity contribution in [2.45, 2.75) is 18.4 Å². The molecule has 8 nitrogen and oxygen atoms in total. The summed E-state index contributed by atoms with van der Waals surface area (Å²) >= 11 is 12.6. The van der Waals surface area contributed by atoms with Crippen molar-refractivity contribution in [1.82, 2.24) is 24.3 Å². The first-order valence-electron chi connectivity index (χ1n) is 9.92. The molecule has 5 rings (SSSR count). The molecule has 0 spiro atoms. The highest BCUT2D eigenvalue weighted by Gasteiger charge is 2.45. The highest BCUT2D eigenvalue weighted by Crippen LogP contribution is 2.40. The Bertz CT molecular complexity index is 1190. The lowest BCUT2D eigenvalue weighted by Gasteiger charge is -2.29. The Morgan fingerprint density at radius 2 is 2.06 bits per heavy atom. The molecule has 2 atom stereocenters. The van der Waals surface area contributed by atoms with Crippen LogP contribution in [0.25, 0.3) is 5.69 Å². The van der Waals surface area contributed by atoms with Crippen molar-refractivity contribution < 1.29 is 14.2 Å². The van der Waals surface area contributed by atoms with Gasteiger partial charge in [0.25, 0.3) is 0 Å². The molecule has 3 heterocycles. The second-order valence-electron chi connectivity index (χ2n) is 7.30. The van der Waals surface area contributed by atoms with Gasteiger partial charge >= 0.3 is 0 Å². The Labute approximate surface area is 194 Å². The zero-order valence-electron chi connectivity index (χ0n) is 16.8. The zero-order chi connectivity index (χ0) is 22.0. The lowest BCUT2D eigenvalue weighted by molar-refractivity contribution is -0.190. The van der Waals surface area contributed by atoms with Gasteiger partial charge in [0, 0.05) is 29.0 Å². The van der Waals surface area contributed by atoms with E-state index in [1.165, 1.54) is 6.33 Å². The summed E-state index contributed by atoms with van der Waals surface area (Å²) < 4.78 is 22.1. The van der Waals surface area contributed by atoms with E-state index in [1.807, 2.05) is 35.0 Å². The van der Waals surface area contributed by atoms with Gasteiger partial charge in [-0.2, -0.15) is 5.10 Å². The van der Waals surface area contributed by atoms with Crippen LogP contribution in [0.4, 0.5) is 0 Å². The molecule has 0 saturated carbocycles. The Hall–Kier alpha value is -2.91.